The number of likely N-dealkylation sites (tertiary alicyclic amines) is 1. The van der Waals surface area contributed by atoms with Gasteiger partial charge in [0.25, 0.3) is 11.8 Å². The molecular weight excluding hydrogens is 494 g/mol. The van der Waals surface area contributed by atoms with Crippen LogP contribution in [0, 0.1) is 12.3 Å². The Morgan fingerprint density at radius 2 is 1.89 bits per heavy atom. The third-order valence-electron chi connectivity index (χ3n) is 6.86. The molecule has 4 aromatic rings. The van der Waals surface area contributed by atoms with Gasteiger partial charge in [-0.2, -0.15) is 10.2 Å². The van der Waals surface area contributed by atoms with Crippen LogP contribution in [0.1, 0.15) is 52.3 Å². The first-order chi connectivity index (χ1) is 17.1. The lowest BCUT2D eigenvalue weighted by atomic mass is 9.83. The van der Waals surface area contributed by atoms with Gasteiger partial charge in [-0.05, 0) is 49.9 Å². The molecule has 0 unspecified atom stereocenters. The van der Waals surface area contributed by atoms with Gasteiger partial charge in [0, 0.05) is 31.9 Å². The lowest BCUT2D eigenvalue weighted by Gasteiger charge is -2.36. The highest BCUT2D eigenvalue weighted by molar-refractivity contribution is 7.22. The fourth-order valence-corrected chi connectivity index (χ4v) is 6.94. The number of amides is 2. The van der Waals surface area contributed by atoms with Crippen LogP contribution in [-0.4, -0.2) is 62.3 Å². The van der Waals surface area contributed by atoms with E-state index >= 15 is 0 Å². The van der Waals surface area contributed by atoms with Crippen LogP contribution in [0.2, 0.25) is 0 Å². The predicted molar refractivity (Wildman–Crippen MR) is 144 cm³/mol. The molecule has 0 radical (unpaired) electrons. The van der Waals surface area contributed by atoms with Gasteiger partial charge in [0.1, 0.15) is 10.5 Å². The second kappa shape index (κ2) is 9.45. The Morgan fingerprint density at radius 1 is 1.14 bits per heavy atom. The first-order valence-electron chi connectivity index (χ1n) is 12.0. The number of primary amides is 1. The second-order valence-electron chi connectivity index (χ2n) is 10.2. The van der Waals surface area contributed by atoms with Crippen molar-refractivity contribution in [2.24, 2.45) is 18.2 Å². The van der Waals surface area contributed by atoms with Crippen molar-refractivity contribution in [2.45, 2.75) is 33.6 Å². The van der Waals surface area contributed by atoms with Crippen molar-refractivity contribution in [2.75, 3.05) is 26.2 Å². The molecule has 0 spiro atoms. The monoisotopic (exact) mass is 525 g/mol. The number of aromatic nitrogens is 4. The minimum atomic E-state index is -0.518. The Hall–Kier alpha value is -3.02. The summed E-state index contributed by atoms with van der Waals surface area (Å²) in [6.45, 7) is 10.3. The number of aryl methyl sites for hydroxylation is 2. The van der Waals surface area contributed by atoms with Gasteiger partial charge in [0.15, 0.2) is 0 Å². The molecule has 36 heavy (non-hydrogen) atoms. The van der Waals surface area contributed by atoms with Gasteiger partial charge in [-0.1, -0.05) is 13.8 Å². The highest BCUT2D eigenvalue weighted by Crippen LogP contribution is 2.44. The fraction of sp³-hybridized carbons (Fsp3) is 0.440. The van der Waals surface area contributed by atoms with Crippen molar-refractivity contribution < 1.29 is 9.59 Å². The van der Waals surface area contributed by atoms with Gasteiger partial charge in [-0.3, -0.25) is 14.3 Å². The summed E-state index contributed by atoms with van der Waals surface area (Å²) in [6.07, 6.45) is 7.60. The smallest absolute Gasteiger partial charge is 0.261 e. The summed E-state index contributed by atoms with van der Waals surface area (Å²) in [7, 11) is 1.86. The van der Waals surface area contributed by atoms with Crippen LogP contribution in [0.15, 0.2) is 24.7 Å². The van der Waals surface area contributed by atoms with Crippen molar-refractivity contribution >= 4 is 39.3 Å². The molecule has 1 aliphatic heterocycles. The molecule has 0 aromatic carbocycles. The second-order valence-corrected chi connectivity index (χ2v) is 12.3. The molecule has 0 atom stereocenters. The van der Waals surface area contributed by atoms with Crippen LogP contribution in [0.25, 0.3) is 25.8 Å². The first-order valence-corrected chi connectivity index (χ1v) is 13.7. The maximum atomic E-state index is 13.0. The summed E-state index contributed by atoms with van der Waals surface area (Å²) in [5.41, 5.74) is 9.13. The summed E-state index contributed by atoms with van der Waals surface area (Å²) in [4.78, 5) is 30.6. The number of piperidine rings is 1. The van der Waals surface area contributed by atoms with Crippen molar-refractivity contribution in [1.82, 2.24) is 29.6 Å². The molecule has 1 aliphatic rings. The van der Waals surface area contributed by atoms with Crippen LogP contribution in [-0.2, 0) is 7.05 Å². The maximum absolute atomic E-state index is 13.0. The van der Waals surface area contributed by atoms with Crippen molar-refractivity contribution in [1.29, 1.82) is 0 Å². The van der Waals surface area contributed by atoms with E-state index in [1.807, 2.05) is 26.2 Å². The van der Waals surface area contributed by atoms with Crippen LogP contribution in [0.3, 0.4) is 0 Å². The highest BCUT2D eigenvalue weighted by Gasteiger charge is 2.27. The van der Waals surface area contributed by atoms with Gasteiger partial charge in [-0.15, -0.1) is 22.7 Å². The van der Waals surface area contributed by atoms with E-state index in [0.717, 1.165) is 46.2 Å². The molecule has 9 nitrogen and oxygen atoms in total. The zero-order valence-corrected chi connectivity index (χ0v) is 22.6. The Kier molecular flexibility index (Phi) is 6.48. The molecule has 1 fully saturated rings. The third kappa shape index (κ3) is 4.70. The van der Waals surface area contributed by atoms with E-state index in [1.165, 1.54) is 41.7 Å². The lowest BCUT2D eigenvalue weighted by molar-refractivity contribution is 0.0937. The van der Waals surface area contributed by atoms with E-state index in [9.17, 15) is 9.59 Å². The summed E-state index contributed by atoms with van der Waals surface area (Å²) in [5, 5.41) is 11.9. The quantitative estimate of drug-likeness (QED) is 0.382. The van der Waals surface area contributed by atoms with Crippen LogP contribution in [0.5, 0.6) is 0 Å². The number of carbonyl (C=O) groups excluding carboxylic acids is 2. The van der Waals surface area contributed by atoms with E-state index in [0.29, 0.717) is 27.2 Å². The number of nitrogens with zero attached hydrogens (tertiary/aromatic N) is 5. The zero-order valence-electron chi connectivity index (χ0n) is 21.0. The average molecular weight is 526 g/mol. The van der Waals surface area contributed by atoms with E-state index in [-0.39, 0.29) is 5.91 Å². The molecule has 3 N–H and O–H groups in total. The Bertz CT molecular complexity index is 1430. The molecule has 0 bridgehead atoms. The van der Waals surface area contributed by atoms with Gasteiger partial charge < -0.3 is 16.0 Å². The fourth-order valence-electron chi connectivity index (χ4n) is 4.56. The molecular formula is C25H31N7O2S2. The molecule has 0 saturated carbocycles. The standard InChI is InChI=1S/C25H31N7O2S2/c1-15-11-18(23(34)27-7-10-31-8-5-25(2,3)6-9-31)35-20(15)19-21(16-12-28-30(4)14-16)36-24-17(22(26)33)13-29-32(19)24/h11-14H,5-10H2,1-4H3,(H2,26,33)(H,27,34). The SMILES string of the molecule is Cc1cc(C(=O)NCCN2CCC(C)(C)CC2)sc1-c1c(-c2cnn(C)c2)sc2c(C(N)=O)cnn12. The van der Waals surface area contributed by atoms with Crippen LogP contribution >= 0.6 is 22.7 Å². The van der Waals surface area contributed by atoms with Gasteiger partial charge >= 0.3 is 0 Å². The number of thiophene rings is 1. The number of carbonyl (C=O) groups is 2. The number of hydrogen-bond donors (Lipinski definition) is 2. The number of fused-ring (bicyclic) bond motifs is 1. The predicted octanol–water partition coefficient (Wildman–Crippen LogP) is 3.78. The number of thiazole rings is 1. The van der Waals surface area contributed by atoms with E-state index in [4.69, 9.17) is 5.73 Å². The van der Waals surface area contributed by atoms with Gasteiger partial charge in [0.2, 0.25) is 0 Å². The molecule has 2 amide bonds. The normalized spacial score (nSPS) is 16.0. The number of hydrogen-bond acceptors (Lipinski definition) is 7. The molecule has 11 heteroatoms. The Labute approximate surface area is 217 Å². The van der Waals surface area contributed by atoms with E-state index in [2.05, 4.69) is 34.3 Å². The van der Waals surface area contributed by atoms with Crippen molar-refractivity contribution in [3.8, 4) is 21.0 Å². The van der Waals surface area contributed by atoms with E-state index in [1.54, 1.807) is 15.4 Å². The topological polar surface area (TPSA) is 111 Å². The molecule has 5 rings (SSSR count). The molecule has 1 saturated heterocycles. The highest BCUT2D eigenvalue weighted by atomic mass is 32.1. The third-order valence-corrected chi connectivity index (χ3v) is 9.33. The van der Waals surface area contributed by atoms with Crippen molar-refractivity contribution in [3.05, 3.63) is 40.7 Å². The Morgan fingerprint density at radius 3 is 2.56 bits per heavy atom. The number of nitrogens with two attached hydrogens (primary N) is 1. The molecule has 4 aromatic heterocycles. The lowest BCUT2D eigenvalue weighted by Crippen LogP contribution is -2.41. The molecule has 0 aliphatic carbocycles. The van der Waals surface area contributed by atoms with E-state index < -0.39 is 5.91 Å². The number of rotatable bonds is 7. The summed E-state index contributed by atoms with van der Waals surface area (Å²) < 4.78 is 3.49. The van der Waals surface area contributed by atoms with Gasteiger partial charge in [-0.25, -0.2) is 4.52 Å². The Balaban J connectivity index is 1.40. The molecule has 5 heterocycles. The van der Waals surface area contributed by atoms with Crippen molar-refractivity contribution in [3.63, 3.8) is 0 Å². The van der Waals surface area contributed by atoms with Crippen LogP contribution in [0.4, 0.5) is 0 Å². The van der Waals surface area contributed by atoms with Gasteiger partial charge in [0.05, 0.1) is 32.6 Å². The number of nitrogens with one attached hydrogen (secondary N) is 1. The minimum Gasteiger partial charge on any atom is -0.365 e. The average Bonchev–Trinajstić information content (AvgIpc) is 3.58. The summed E-state index contributed by atoms with van der Waals surface area (Å²) in [5.74, 6) is -0.588. The maximum Gasteiger partial charge on any atom is 0.261 e. The first kappa shape index (κ1) is 24.7. The van der Waals surface area contributed by atoms with Crippen LogP contribution < -0.4 is 11.1 Å². The summed E-state index contributed by atoms with van der Waals surface area (Å²) >= 11 is 2.89. The molecule has 190 valence electrons. The zero-order chi connectivity index (χ0) is 25.6. The summed E-state index contributed by atoms with van der Waals surface area (Å²) in [6, 6.07) is 1.92. The largest absolute Gasteiger partial charge is 0.365 e. The minimum absolute atomic E-state index is 0.0700.